The first-order chi connectivity index (χ1) is 9.42. The summed E-state index contributed by atoms with van der Waals surface area (Å²) in [6.45, 7) is 12.4. The largest absolute Gasteiger partial charge is 0.465 e. The quantitative estimate of drug-likeness (QED) is 0.549. The zero-order valence-electron chi connectivity index (χ0n) is 12.4. The summed E-state index contributed by atoms with van der Waals surface area (Å²) in [6.07, 6.45) is 4.10. The molecule has 0 spiro atoms. The summed E-state index contributed by atoms with van der Waals surface area (Å²) in [5, 5.41) is 9.36. The monoisotopic (exact) mass is 283 g/mol. The van der Waals surface area contributed by atoms with Gasteiger partial charge in [-0.25, -0.2) is 4.79 Å². The van der Waals surface area contributed by atoms with Crippen LogP contribution in [0.4, 0.5) is 4.79 Å². The van der Waals surface area contributed by atoms with Gasteiger partial charge in [-0.05, 0) is 32.6 Å². The second-order valence-electron chi connectivity index (χ2n) is 5.52. The highest BCUT2D eigenvalue weighted by molar-refractivity contribution is 5.66. The van der Waals surface area contributed by atoms with E-state index in [4.69, 9.17) is 9.47 Å². The molecule has 0 aromatic heterocycles. The summed E-state index contributed by atoms with van der Waals surface area (Å²) < 4.78 is 11.1. The van der Waals surface area contributed by atoms with Crippen LogP contribution in [0.2, 0.25) is 0 Å². The zero-order valence-corrected chi connectivity index (χ0v) is 12.4. The standard InChI is InChI=1S/C15H25NO4/c1-5-7-12(10-19-8-6-2)9-13-11-20-15(3,4)16(13)14(17)18/h5-6,12-13H,1-2,7-11H2,3-4H3,(H,17,18)/t12-,13?/m0/s1. The Hall–Kier alpha value is -1.33. The summed E-state index contributed by atoms with van der Waals surface area (Å²) in [5.74, 6) is 0.233. The maximum Gasteiger partial charge on any atom is 0.409 e. The Morgan fingerprint density at radius 1 is 1.55 bits per heavy atom. The number of hydrogen-bond donors (Lipinski definition) is 1. The second kappa shape index (κ2) is 7.45. The van der Waals surface area contributed by atoms with E-state index >= 15 is 0 Å². The summed E-state index contributed by atoms with van der Waals surface area (Å²) in [7, 11) is 0. The lowest BCUT2D eigenvalue weighted by Gasteiger charge is -2.32. The highest BCUT2D eigenvalue weighted by Crippen LogP contribution is 2.31. The van der Waals surface area contributed by atoms with Crippen LogP contribution in [0.5, 0.6) is 0 Å². The van der Waals surface area contributed by atoms with E-state index in [0.29, 0.717) is 26.2 Å². The normalized spacial score (nSPS) is 22.5. The number of nitrogens with zero attached hydrogens (tertiary/aromatic N) is 1. The number of hydrogen-bond acceptors (Lipinski definition) is 3. The molecule has 5 heteroatoms. The molecule has 0 radical (unpaired) electrons. The van der Waals surface area contributed by atoms with Crippen LogP contribution >= 0.6 is 0 Å². The molecular weight excluding hydrogens is 258 g/mol. The molecule has 0 aromatic carbocycles. The van der Waals surface area contributed by atoms with Gasteiger partial charge in [-0.2, -0.15) is 0 Å². The molecule has 1 saturated heterocycles. The van der Waals surface area contributed by atoms with Crippen LogP contribution in [0.1, 0.15) is 26.7 Å². The van der Waals surface area contributed by atoms with E-state index in [1.165, 1.54) is 4.90 Å². The lowest BCUT2D eigenvalue weighted by atomic mass is 9.96. The third-order valence-corrected chi connectivity index (χ3v) is 3.47. The average Bonchev–Trinajstić information content (AvgIpc) is 2.65. The Balaban J connectivity index is 2.64. The van der Waals surface area contributed by atoms with Gasteiger partial charge in [0, 0.05) is 0 Å². The maximum absolute atomic E-state index is 11.4. The van der Waals surface area contributed by atoms with E-state index in [1.54, 1.807) is 19.9 Å². The summed E-state index contributed by atoms with van der Waals surface area (Å²) in [6, 6.07) is -0.139. The Morgan fingerprint density at radius 3 is 2.80 bits per heavy atom. The van der Waals surface area contributed by atoms with Crippen LogP contribution in [0.3, 0.4) is 0 Å². The maximum atomic E-state index is 11.4. The van der Waals surface area contributed by atoms with E-state index in [0.717, 1.165) is 6.42 Å². The number of carboxylic acid groups (broad SMARTS) is 1. The van der Waals surface area contributed by atoms with Crippen molar-refractivity contribution in [2.24, 2.45) is 5.92 Å². The molecule has 2 atom stereocenters. The number of allylic oxidation sites excluding steroid dienone is 1. The Labute approximate surface area is 120 Å². The predicted octanol–water partition coefficient (Wildman–Crippen LogP) is 2.89. The van der Waals surface area contributed by atoms with Crippen LogP contribution in [-0.4, -0.2) is 47.7 Å². The molecule has 1 fully saturated rings. The van der Waals surface area contributed by atoms with E-state index in [9.17, 15) is 9.90 Å². The lowest BCUT2D eigenvalue weighted by molar-refractivity contribution is -0.0427. The van der Waals surface area contributed by atoms with Gasteiger partial charge in [0.1, 0.15) is 5.72 Å². The van der Waals surface area contributed by atoms with Gasteiger partial charge in [-0.1, -0.05) is 12.2 Å². The van der Waals surface area contributed by atoms with Gasteiger partial charge in [-0.15, -0.1) is 13.2 Å². The molecule has 0 saturated carbocycles. The van der Waals surface area contributed by atoms with Crippen LogP contribution in [0.25, 0.3) is 0 Å². The van der Waals surface area contributed by atoms with Crippen LogP contribution in [0.15, 0.2) is 25.3 Å². The highest BCUT2D eigenvalue weighted by atomic mass is 16.5. The Morgan fingerprint density at radius 2 is 2.25 bits per heavy atom. The molecule has 1 heterocycles. The van der Waals surface area contributed by atoms with Crippen molar-refractivity contribution in [3.05, 3.63) is 25.3 Å². The Kier molecular flexibility index (Phi) is 6.23. The molecule has 0 aromatic rings. The minimum atomic E-state index is -0.943. The van der Waals surface area contributed by atoms with Gasteiger partial charge in [0.2, 0.25) is 0 Å². The molecule has 1 rings (SSSR count). The molecule has 0 bridgehead atoms. The first-order valence-electron chi connectivity index (χ1n) is 6.88. The van der Waals surface area contributed by atoms with Crippen molar-refractivity contribution in [3.63, 3.8) is 0 Å². The fourth-order valence-corrected chi connectivity index (χ4v) is 2.61. The van der Waals surface area contributed by atoms with Crippen molar-refractivity contribution in [2.75, 3.05) is 19.8 Å². The van der Waals surface area contributed by atoms with E-state index in [2.05, 4.69) is 13.2 Å². The van der Waals surface area contributed by atoms with Crippen LogP contribution in [0, 0.1) is 5.92 Å². The van der Waals surface area contributed by atoms with Gasteiger partial charge in [-0.3, -0.25) is 4.90 Å². The van der Waals surface area contributed by atoms with Gasteiger partial charge in [0.25, 0.3) is 0 Å². The van der Waals surface area contributed by atoms with E-state index in [1.807, 2.05) is 6.08 Å². The first-order valence-corrected chi connectivity index (χ1v) is 6.88. The van der Waals surface area contributed by atoms with E-state index in [-0.39, 0.29) is 12.0 Å². The molecule has 1 aliphatic heterocycles. The molecular formula is C15H25NO4. The number of carbonyl (C=O) groups is 1. The zero-order chi connectivity index (χ0) is 15.2. The number of rotatable bonds is 8. The SMILES string of the molecule is C=CCOC[C@@H](CC=C)CC1COC(C)(C)N1C(=O)O. The number of ether oxygens (including phenoxy) is 2. The minimum absolute atomic E-state index is 0.139. The number of amides is 1. The van der Waals surface area contributed by atoms with Crippen molar-refractivity contribution in [3.8, 4) is 0 Å². The molecule has 5 nitrogen and oxygen atoms in total. The molecule has 114 valence electrons. The fourth-order valence-electron chi connectivity index (χ4n) is 2.61. The smallest absolute Gasteiger partial charge is 0.409 e. The molecule has 1 aliphatic rings. The minimum Gasteiger partial charge on any atom is -0.465 e. The average molecular weight is 283 g/mol. The lowest BCUT2D eigenvalue weighted by Crippen LogP contribution is -2.47. The molecule has 1 amide bonds. The van der Waals surface area contributed by atoms with Gasteiger partial charge in [0.05, 0.1) is 25.9 Å². The third kappa shape index (κ3) is 4.35. The van der Waals surface area contributed by atoms with Crippen molar-refractivity contribution in [1.82, 2.24) is 4.90 Å². The van der Waals surface area contributed by atoms with Crippen LogP contribution < -0.4 is 0 Å². The molecule has 0 aliphatic carbocycles. The topological polar surface area (TPSA) is 59.0 Å². The highest BCUT2D eigenvalue weighted by Gasteiger charge is 2.44. The molecule has 1 unspecified atom stereocenters. The van der Waals surface area contributed by atoms with Gasteiger partial charge >= 0.3 is 6.09 Å². The first kappa shape index (κ1) is 16.7. The summed E-state index contributed by atoms with van der Waals surface area (Å²) in [4.78, 5) is 12.8. The van der Waals surface area contributed by atoms with Crippen molar-refractivity contribution >= 4 is 6.09 Å². The third-order valence-electron chi connectivity index (χ3n) is 3.47. The molecule has 1 N–H and O–H groups in total. The van der Waals surface area contributed by atoms with Gasteiger partial charge in [0.15, 0.2) is 0 Å². The Bertz CT molecular complexity index is 354. The predicted molar refractivity (Wildman–Crippen MR) is 77.6 cm³/mol. The van der Waals surface area contributed by atoms with Crippen molar-refractivity contribution < 1.29 is 19.4 Å². The van der Waals surface area contributed by atoms with Crippen molar-refractivity contribution in [2.45, 2.75) is 38.5 Å². The summed E-state index contributed by atoms with van der Waals surface area (Å²) >= 11 is 0. The van der Waals surface area contributed by atoms with E-state index < -0.39 is 11.8 Å². The van der Waals surface area contributed by atoms with Crippen molar-refractivity contribution in [1.29, 1.82) is 0 Å². The summed E-state index contributed by atoms with van der Waals surface area (Å²) in [5.41, 5.74) is -0.767. The fraction of sp³-hybridized carbons (Fsp3) is 0.667. The second-order valence-corrected chi connectivity index (χ2v) is 5.52. The van der Waals surface area contributed by atoms with Crippen LogP contribution in [-0.2, 0) is 9.47 Å². The molecule has 20 heavy (non-hydrogen) atoms. The van der Waals surface area contributed by atoms with Gasteiger partial charge < -0.3 is 14.6 Å².